The molecule has 2 unspecified atom stereocenters. The van der Waals surface area contributed by atoms with Crippen LogP contribution in [0.25, 0.3) is 11.3 Å². The van der Waals surface area contributed by atoms with Crippen molar-refractivity contribution >= 4 is 5.91 Å². The number of hydrogen-bond donors (Lipinski definition) is 1. The molecule has 8 heteroatoms. The number of aromatic nitrogens is 2. The normalized spacial score (nSPS) is 13.4. The summed E-state index contributed by atoms with van der Waals surface area (Å²) in [6, 6.07) is 15.9. The monoisotopic (exact) mass is 510 g/mol. The Kier molecular flexibility index (Phi) is 9.97. The Hall–Kier alpha value is -3.07. The van der Waals surface area contributed by atoms with Gasteiger partial charge in [-0.3, -0.25) is 4.79 Å². The number of hydrogen-bond acceptors (Lipinski definition) is 5. The van der Waals surface area contributed by atoms with Gasteiger partial charge < -0.3 is 24.7 Å². The van der Waals surface area contributed by atoms with Gasteiger partial charge in [-0.2, -0.15) is 0 Å². The van der Waals surface area contributed by atoms with Gasteiger partial charge in [0.2, 0.25) is 5.91 Å². The Morgan fingerprint density at radius 3 is 2.46 bits per heavy atom. The first-order chi connectivity index (χ1) is 17.6. The molecule has 37 heavy (non-hydrogen) atoms. The van der Waals surface area contributed by atoms with Crippen LogP contribution in [0.4, 0.5) is 4.39 Å². The summed E-state index contributed by atoms with van der Waals surface area (Å²) in [6.45, 7) is 7.58. The Morgan fingerprint density at radius 1 is 1.11 bits per heavy atom. The molecule has 0 aliphatic heterocycles. The van der Waals surface area contributed by atoms with Gasteiger partial charge in [-0.05, 0) is 29.5 Å². The van der Waals surface area contributed by atoms with Crippen LogP contribution in [0, 0.1) is 11.2 Å². The molecule has 2 N–H and O–H groups in total. The molecule has 0 aliphatic carbocycles. The van der Waals surface area contributed by atoms with E-state index >= 15 is 0 Å². The average Bonchev–Trinajstić information content (AvgIpc) is 3.24. The summed E-state index contributed by atoms with van der Waals surface area (Å²) < 4.78 is 26.6. The molecule has 1 amide bonds. The Balaban J connectivity index is 2.13. The molecule has 0 fully saturated rings. The van der Waals surface area contributed by atoms with E-state index in [2.05, 4.69) is 37.5 Å². The van der Waals surface area contributed by atoms with Gasteiger partial charge in [0.05, 0.1) is 18.3 Å². The predicted octanol–water partition coefficient (Wildman–Crippen LogP) is 4.66. The van der Waals surface area contributed by atoms with Gasteiger partial charge in [-0.1, -0.05) is 63.2 Å². The third-order valence-corrected chi connectivity index (χ3v) is 6.21. The summed E-state index contributed by atoms with van der Waals surface area (Å²) in [4.78, 5) is 20.2. The second-order valence-corrected chi connectivity index (χ2v) is 10.4. The smallest absolute Gasteiger partial charge is 0.249 e. The number of rotatable bonds is 12. The van der Waals surface area contributed by atoms with E-state index in [-0.39, 0.29) is 29.8 Å². The predicted molar refractivity (Wildman–Crippen MR) is 143 cm³/mol. The number of benzene rings is 2. The standard InChI is InChI=1S/C29H39FN4O3/c1-29(2,3)27(34(26(35)20-37-5)15-14-24(31)19-36-4)28-32-25(22-12-9-13-23(30)16-22)18-33(28)17-21-10-7-6-8-11-21/h6-13,16,18,24,27H,14-15,17,19-20,31H2,1-5H3. The van der Waals surface area contributed by atoms with E-state index in [9.17, 15) is 9.18 Å². The fraction of sp³-hybridized carbons (Fsp3) is 0.448. The minimum absolute atomic E-state index is 0.0533. The van der Waals surface area contributed by atoms with Crippen LogP contribution in [0.15, 0.2) is 60.8 Å². The first kappa shape index (κ1) is 28.5. The largest absolute Gasteiger partial charge is 0.383 e. The molecule has 0 saturated heterocycles. The van der Waals surface area contributed by atoms with Crippen molar-refractivity contribution in [3.05, 3.63) is 78.0 Å². The van der Waals surface area contributed by atoms with Crippen molar-refractivity contribution in [1.29, 1.82) is 0 Å². The van der Waals surface area contributed by atoms with E-state index in [1.54, 1.807) is 13.2 Å². The minimum Gasteiger partial charge on any atom is -0.383 e. The van der Waals surface area contributed by atoms with Gasteiger partial charge in [-0.15, -0.1) is 0 Å². The molecule has 1 aromatic heterocycles. The number of nitrogens with two attached hydrogens (primary N) is 1. The van der Waals surface area contributed by atoms with E-state index in [0.717, 1.165) is 11.4 Å². The van der Waals surface area contributed by atoms with E-state index in [0.29, 0.717) is 37.4 Å². The molecule has 0 bridgehead atoms. The molecule has 7 nitrogen and oxygen atoms in total. The lowest BCUT2D eigenvalue weighted by atomic mass is 9.84. The van der Waals surface area contributed by atoms with Crippen LogP contribution in [-0.4, -0.2) is 60.4 Å². The Morgan fingerprint density at radius 2 is 1.84 bits per heavy atom. The maximum Gasteiger partial charge on any atom is 0.249 e. The fourth-order valence-electron chi connectivity index (χ4n) is 4.54. The number of carbonyl (C=O) groups is 1. The number of ether oxygens (including phenoxy) is 2. The van der Waals surface area contributed by atoms with Gasteiger partial charge in [-0.25, -0.2) is 9.37 Å². The molecule has 0 spiro atoms. The van der Waals surface area contributed by atoms with Crippen molar-refractivity contribution in [2.75, 3.05) is 34.0 Å². The number of nitrogens with zero attached hydrogens (tertiary/aromatic N) is 3. The summed E-state index contributed by atoms with van der Waals surface area (Å²) in [7, 11) is 3.12. The second-order valence-electron chi connectivity index (χ2n) is 10.4. The highest BCUT2D eigenvalue weighted by atomic mass is 19.1. The highest BCUT2D eigenvalue weighted by molar-refractivity contribution is 5.78. The zero-order valence-corrected chi connectivity index (χ0v) is 22.5. The summed E-state index contributed by atoms with van der Waals surface area (Å²) in [5.41, 5.74) is 8.27. The van der Waals surface area contributed by atoms with E-state index in [1.165, 1.54) is 19.2 Å². The quantitative estimate of drug-likeness (QED) is 0.383. The summed E-state index contributed by atoms with van der Waals surface area (Å²) >= 11 is 0. The lowest BCUT2D eigenvalue weighted by Crippen LogP contribution is -2.46. The molecule has 3 rings (SSSR count). The van der Waals surface area contributed by atoms with Crippen molar-refractivity contribution in [2.24, 2.45) is 11.1 Å². The molecular weight excluding hydrogens is 471 g/mol. The highest BCUT2D eigenvalue weighted by Gasteiger charge is 2.38. The van der Waals surface area contributed by atoms with E-state index in [1.807, 2.05) is 35.4 Å². The van der Waals surface area contributed by atoms with Crippen molar-refractivity contribution < 1.29 is 18.7 Å². The van der Waals surface area contributed by atoms with Crippen LogP contribution < -0.4 is 5.73 Å². The number of imidazole rings is 1. The van der Waals surface area contributed by atoms with Crippen LogP contribution in [0.3, 0.4) is 0 Å². The first-order valence-electron chi connectivity index (χ1n) is 12.5. The number of carbonyl (C=O) groups excluding carboxylic acids is 1. The number of amides is 1. The molecule has 2 aromatic carbocycles. The van der Waals surface area contributed by atoms with Gasteiger partial charge >= 0.3 is 0 Å². The van der Waals surface area contributed by atoms with Crippen LogP contribution in [0.2, 0.25) is 0 Å². The molecule has 0 aliphatic rings. The lowest BCUT2D eigenvalue weighted by Gasteiger charge is -2.40. The van der Waals surface area contributed by atoms with Gasteiger partial charge in [0, 0.05) is 45.1 Å². The molecule has 2 atom stereocenters. The first-order valence-corrected chi connectivity index (χ1v) is 12.5. The van der Waals surface area contributed by atoms with Gasteiger partial charge in [0.1, 0.15) is 18.2 Å². The van der Waals surface area contributed by atoms with Crippen LogP contribution in [0.5, 0.6) is 0 Å². The van der Waals surface area contributed by atoms with Crippen LogP contribution >= 0.6 is 0 Å². The highest BCUT2D eigenvalue weighted by Crippen LogP contribution is 2.39. The third kappa shape index (κ3) is 7.71. The molecule has 0 radical (unpaired) electrons. The molecule has 0 saturated carbocycles. The maximum absolute atomic E-state index is 14.1. The topological polar surface area (TPSA) is 82.6 Å². The molecular formula is C29H39FN4O3. The SMILES string of the molecule is COCC(=O)N(CCC(N)COC)C(c1nc(-c2cccc(F)c2)cn1Cc1ccccc1)C(C)(C)C. The van der Waals surface area contributed by atoms with E-state index < -0.39 is 6.04 Å². The zero-order chi connectivity index (χ0) is 27.0. The molecule has 3 aromatic rings. The summed E-state index contributed by atoms with van der Waals surface area (Å²) in [6.07, 6.45) is 2.50. The van der Waals surface area contributed by atoms with Crippen molar-refractivity contribution in [3.63, 3.8) is 0 Å². The average molecular weight is 511 g/mol. The van der Waals surface area contributed by atoms with Crippen molar-refractivity contribution in [1.82, 2.24) is 14.5 Å². The fourth-order valence-corrected chi connectivity index (χ4v) is 4.54. The summed E-state index contributed by atoms with van der Waals surface area (Å²) in [5.74, 6) is 0.252. The second kappa shape index (κ2) is 12.9. The van der Waals surface area contributed by atoms with Crippen LogP contribution in [0.1, 0.15) is 44.6 Å². The minimum atomic E-state index is -0.393. The number of methoxy groups -OCH3 is 2. The van der Waals surface area contributed by atoms with Gasteiger partial charge in [0.15, 0.2) is 0 Å². The third-order valence-electron chi connectivity index (χ3n) is 6.21. The lowest BCUT2D eigenvalue weighted by molar-refractivity contribution is -0.140. The van der Waals surface area contributed by atoms with Crippen molar-refractivity contribution in [3.8, 4) is 11.3 Å². The Bertz CT molecular complexity index is 1140. The zero-order valence-electron chi connectivity index (χ0n) is 22.5. The van der Waals surface area contributed by atoms with Gasteiger partial charge in [0.25, 0.3) is 0 Å². The summed E-state index contributed by atoms with van der Waals surface area (Å²) in [5, 5.41) is 0. The van der Waals surface area contributed by atoms with E-state index in [4.69, 9.17) is 20.2 Å². The molecule has 200 valence electrons. The molecule has 1 heterocycles. The Labute approximate surface area is 219 Å². The maximum atomic E-state index is 14.1. The number of halogens is 1. The van der Waals surface area contributed by atoms with Crippen molar-refractivity contribution in [2.45, 2.75) is 45.8 Å². The van der Waals surface area contributed by atoms with Crippen LogP contribution in [-0.2, 0) is 20.8 Å².